The maximum absolute atomic E-state index is 6.35. The van der Waals surface area contributed by atoms with Crippen LogP contribution in [0.2, 0.25) is 0 Å². The van der Waals surface area contributed by atoms with Gasteiger partial charge in [-0.15, -0.1) is 0 Å². The molecule has 3 heteroatoms. The van der Waals surface area contributed by atoms with E-state index in [1.807, 2.05) is 0 Å². The number of para-hydroxylation sites is 1. The van der Waals surface area contributed by atoms with E-state index in [1.165, 1.54) is 22.3 Å². The summed E-state index contributed by atoms with van der Waals surface area (Å²) in [5.41, 5.74) is 5.81. The smallest absolute Gasteiger partial charge is 0.188 e. The Bertz CT molecular complexity index is 949. The number of hydrogen-bond acceptors (Lipinski definition) is 2. The third-order valence-corrected chi connectivity index (χ3v) is 5.80. The standard InChI is InChI=1S/C21H16BrNO/c1-13-10-11-18-16(12-13)21(14-6-3-2-4-7-14)15-8-5-9-17(22)19(15)23-20(21)24-18/h2-12,20,23H,1H3/t20-,21-/m0/s1. The Balaban J connectivity index is 1.90. The first kappa shape index (κ1) is 14.1. The second-order valence-corrected chi connectivity index (χ2v) is 7.33. The van der Waals surface area contributed by atoms with Crippen molar-refractivity contribution in [1.29, 1.82) is 0 Å². The zero-order valence-electron chi connectivity index (χ0n) is 13.2. The molecule has 0 spiro atoms. The molecule has 24 heavy (non-hydrogen) atoms. The molecule has 2 aliphatic heterocycles. The summed E-state index contributed by atoms with van der Waals surface area (Å²) in [7, 11) is 0. The monoisotopic (exact) mass is 377 g/mol. The van der Waals surface area contributed by atoms with E-state index < -0.39 is 0 Å². The van der Waals surface area contributed by atoms with E-state index in [0.717, 1.165) is 15.9 Å². The van der Waals surface area contributed by atoms with Crippen LogP contribution >= 0.6 is 15.9 Å². The normalized spacial score (nSPS) is 23.0. The SMILES string of the molecule is Cc1ccc2c(c1)[C@]1(c3ccccc3)c3cccc(Br)c3N[C@H]1O2. The van der Waals surface area contributed by atoms with Crippen molar-refractivity contribution >= 4 is 21.6 Å². The quantitative estimate of drug-likeness (QED) is 0.626. The van der Waals surface area contributed by atoms with E-state index in [9.17, 15) is 0 Å². The van der Waals surface area contributed by atoms with Crippen LogP contribution < -0.4 is 10.1 Å². The zero-order valence-corrected chi connectivity index (χ0v) is 14.8. The Labute approximate surface area is 149 Å². The van der Waals surface area contributed by atoms with Crippen molar-refractivity contribution in [3.63, 3.8) is 0 Å². The summed E-state index contributed by atoms with van der Waals surface area (Å²) < 4.78 is 7.42. The van der Waals surface area contributed by atoms with Gasteiger partial charge in [-0.1, -0.05) is 60.2 Å². The van der Waals surface area contributed by atoms with E-state index in [1.54, 1.807) is 0 Å². The topological polar surface area (TPSA) is 21.3 Å². The Hall–Kier alpha value is -2.26. The summed E-state index contributed by atoms with van der Waals surface area (Å²) in [5, 5.41) is 3.60. The van der Waals surface area contributed by atoms with Crippen molar-refractivity contribution < 1.29 is 4.74 Å². The molecule has 0 amide bonds. The highest BCUT2D eigenvalue weighted by Crippen LogP contribution is 2.58. The van der Waals surface area contributed by atoms with Crippen LogP contribution in [-0.4, -0.2) is 6.23 Å². The van der Waals surface area contributed by atoms with Crippen LogP contribution in [0, 0.1) is 6.92 Å². The molecule has 2 heterocycles. The van der Waals surface area contributed by atoms with Crippen molar-refractivity contribution in [2.75, 3.05) is 5.32 Å². The third kappa shape index (κ3) is 1.65. The van der Waals surface area contributed by atoms with E-state index in [2.05, 4.69) is 94.9 Å². The van der Waals surface area contributed by atoms with Gasteiger partial charge in [0.1, 0.15) is 11.2 Å². The second kappa shape index (κ2) is 4.87. The third-order valence-electron chi connectivity index (χ3n) is 5.14. The van der Waals surface area contributed by atoms with Crippen molar-refractivity contribution in [2.45, 2.75) is 18.6 Å². The van der Waals surface area contributed by atoms with Crippen LogP contribution in [0.5, 0.6) is 5.75 Å². The lowest BCUT2D eigenvalue weighted by molar-refractivity contribution is 0.226. The number of halogens is 1. The lowest BCUT2D eigenvalue weighted by Crippen LogP contribution is -2.39. The molecule has 0 aliphatic carbocycles. The molecule has 0 aromatic heterocycles. The maximum atomic E-state index is 6.35. The first-order valence-electron chi connectivity index (χ1n) is 8.10. The Morgan fingerprint density at radius 1 is 0.958 bits per heavy atom. The first-order valence-corrected chi connectivity index (χ1v) is 8.89. The summed E-state index contributed by atoms with van der Waals surface area (Å²) in [5.74, 6) is 0.965. The van der Waals surface area contributed by atoms with Crippen LogP contribution in [0.1, 0.15) is 22.3 Å². The largest absolute Gasteiger partial charge is 0.469 e. The molecule has 3 aromatic rings. The number of rotatable bonds is 1. The molecule has 5 rings (SSSR count). The number of ether oxygens (including phenoxy) is 1. The maximum Gasteiger partial charge on any atom is 0.188 e. The summed E-state index contributed by atoms with van der Waals surface area (Å²) in [4.78, 5) is 0. The summed E-state index contributed by atoms with van der Waals surface area (Å²) >= 11 is 3.69. The van der Waals surface area contributed by atoms with E-state index in [0.29, 0.717) is 0 Å². The van der Waals surface area contributed by atoms with Gasteiger partial charge >= 0.3 is 0 Å². The van der Waals surface area contributed by atoms with Gasteiger partial charge in [0.25, 0.3) is 0 Å². The molecule has 2 atom stereocenters. The fourth-order valence-electron chi connectivity index (χ4n) is 4.13. The molecule has 118 valence electrons. The number of hydrogen-bond donors (Lipinski definition) is 1. The van der Waals surface area contributed by atoms with Crippen LogP contribution in [0.3, 0.4) is 0 Å². The molecule has 2 nitrogen and oxygen atoms in total. The lowest BCUT2D eigenvalue weighted by atomic mass is 9.70. The van der Waals surface area contributed by atoms with E-state index >= 15 is 0 Å². The number of aryl methyl sites for hydroxylation is 1. The average Bonchev–Trinajstić information content (AvgIpc) is 3.09. The second-order valence-electron chi connectivity index (χ2n) is 6.48. The van der Waals surface area contributed by atoms with Crippen molar-refractivity contribution in [3.05, 3.63) is 93.5 Å². The predicted molar refractivity (Wildman–Crippen MR) is 99.7 cm³/mol. The molecule has 0 bridgehead atoms. The van der Waals surface area contributed by atoms with Crippen molar-refractivity contribution in [3.8, 4) is 5.75 Å². The average molecular weight is 378 g/mol. The molecule has 0 saturated carbocycles. The minimum absolute atomic E-state index is 0.134. The molecule has 3 aromatic carbocycles. The van der Waals surface area contributed by atoms with E-state index in [-0.39, 0.29) is 11.6 Å². The minimum atomic E-state index is -0.318. The molecule has 0 saturated heterocycles. The van der Waals surface area contributed by atoms with Crippen LogP contribution in [0.4, 0.5) is 5.69 Å². The van der Waals surface area contributed by atoms with Gasteiger partial charge < -0.3 is 10.1 Å². The van der Waals surface area contributed by atoms with Gasteiger partial charge in [-0.2, -0.15) is 0 Å². The van der Waals surface area contributed by atoms with Gasteiger partial charge in [0.2, 0.25) is 0 Å². The predicted octanol–water partition coefficient (Wildman–Crippen LogP) is 5.24. The molecule has 0 fully saturated rings. The Kier molecular flexibility index (Phi) is 2.86. The first-order chi connectivity index (χ1) is 11.7. The van der Waals surface area contributed by atoms with Gasteiger partial charge in [-0.25, -0.2) is 0 Å². The highest BCUT2D eigenvalue weighted by molar-refractivity contribution is 9.10. The van der Waals surface area contributed by atoms with Gasteiger partial charge in [0.15, 0.2) is 6.23 Å². The van der Waals surface area contributed by atoms with Crippen LogP contribution in [-0.2, 0) is 5.41 Å². The number of nitrogens with one attached hydrogen (secondary N) is 1. The van der Waals surface area contributed by atoms with Crippen LogP contribution in [0.25, 0.3) is 0 Å². The fraction of sp³-hybridized carbons (Fsp3) is 0.143. The number of benzene rings is 3. The molecular weight excluding hydrogens is 362 g/mol. The van der Waals surface area contributed by atoms with Gasteiger partial charge in [-0.3, -0.25) is 0 Å². The summed E-state index contributed by atoms with van der Waals surface area (Å²) in [6.45, 7) is 2.14. The zero-order chi connectivity index (χ0) is 16.3. The highest BCUT2D eigenvalue weighted by Gasteiger charge is 2.57. The van der Waals surface area contributed by atoms with E-state index in [4.69, 9.17) is 4.74 Å². The van der Waals surface area contributed by atoms with Gasteiger partial charge in [-0.05, 0) is 46.1 Å². The number of anilines is 1. The molecule has 1 N–H and O–H groups in total. The Morgan fingerprint density at radius 3 is 2.62 bits per heavy atom. The molecular formula is C21H16BrNO. The molecule has 2 aliphatic rings. The highest BCUT2D eigenvalue weighted by atomic mass is 79.9. The van der Waals surface area contributed by atoms with Crippen molar-refractivity contribution in [2.24, 2.45) is 0 Å². The van der Waals surface area contributed by atoms with Crippen molar-refractivity contribution in [1.82, 2.24) is 0 Å². The minimum Gasteiger partial charge on any atom is -0.469 e. The van der Waals surface area contributed by atoms with Crippen LogP contribution in [0.15, 0.2) is 71.2 Å². The summed E-state index contributed by atoms with van der Waals surface area (Å²) in [6.07, 6.45) is -0.134. The van der Waals surface area contributed by atoms with Gasteiger partial charge in [0.05, 0.1) is 5.69 Å². The molecule has 0 radical (unpaired) electrons. The lowest BCUT2D eigenvalue weighted by Gasteiger charge is -2.29. The van der Waals surface area contributed by atoms with Gasteiger partial charge in [0, 0.05) is 10.0 Å². The Morgan fingerprint density at radius 2 is 1.79 bits per heavy atom. The fourth-order valence-corrected chi connectivity index (χ4v) is 4.61. The number of fused-ring (bicyclic) bond motifs is 5. The summed E-state index contributed by atoms with van der Waals surface area (Å²) in [6, 6.07) is 23.5. The molecule has 0 unspecified atom stereocenters.